The zero-order valence-corrected chi connectivity index (χ0v) is 20.4. The van der Waals surface area contributed by atoms with Gasteiger partial charge in [0.15, 0.2) is 0 Å². The molecular formula is C30H34N4. The maximum absolute atomic E-state index is 5.04. The van der Waals surface area contributed by atoms with Crippen molar-refractivity contribution in [3.05, 3.63) is 102 Å². The fourth-order valence-corrected chi connectivity index (χ4v) is 5.02. The van der Waals surface area contributed by atoms with Crippen LogP contribution in [0.5, 0.6) is 0 Å². The summed E-state index contributed by atoms with van der Waals surface area (Å²) in [4.78, 5) is 12.5. The molecule has 0 radical (unpaired) electrons. The Balaban J connectivity index is 1.20. The molecule has 4 nitrogen and oxygen atoms in total. The molecule has 4 heteroatoms. The molecule has 0 spiro atoms. The Bertz CT molecular complexity index is 1280. The van der Waals surface area contributed by atoms with E-state index in [1.165, 1.54) is 28.0 Å². The van der Waals surface area contributed by atoms with Gasteiger partial charge in [0, 0.05) is 24.4 Å². The second-order valence-electron chi connectivity index (χ2n) is 9.66. The molecule has 3 heterocycles. The van der Waals surface area contributed by atoms with Crippen molar-refractivity contribution < 1.29 is 0 Å². The first-order valence-electron chi connectivity index (χ1n) is 12.4. The topological polar surface area (TPSA) is 34.0 Å². The van der Waals surface area contributed by atoms with Crippen LogP contribution in [0.25, 0.3) is 16.6 Å². The molecule has 2 aromatic heterocycles. The zero-order chi connectivity index (χ0) is 23.5. The summed E-state index contributed by atoms with van der Waals surface area (Å²) in [5, 5.41) is 0. The average Bonchev–Trinajstić information content (AvgIpc) is 3.18. The number of hydrogen-bond donors (Lipinski definition) is 0. The quantitative estimate of drug-likeness (QED) is 0.338. The molecule has 0 saturated carbocycles. The molecule has 0 N–H and O–H groups in total. The molecule has 1 aliphatic heterocycles. The minimum Gasteiger partial charge on any atom is -0.330 e. The van der Waals surface area contributed by atoms with E-state index in [1.54, 1.807) is 0 Å². The van der Waals surface area contributed by atoms with Crippen molar-refractivity contribution >= 4 is 16.6 Å². The number of nitrogens with zero attached hydrogens (tertiary/aromatic N) is 4. The first kappa shape index (κ1) is 22.5. The average molecular weight is 451 g/mol. The number of pyridine rings is 1. The van der Waals surface area contributed by atoms with Crippen LogP contribution in [-0.4, -0.2) is 32.5 Å². The summed E-state index contributed by atoms with van der Waals surface area (Å²) in [6, 6.07) is 23.7. The van der Waals surface area contributed by atoms with Crippen LogP contribution in [-0.2, 0) is 26.4 Å². The first-order valence-corrected chi connectivity index (χ1v) is 12.4. The Kier molecular flexibility index (Phi) is 6.59. The summed E-state index contributed by atoms with van der Waals surface area (Å²) in [6.45, 7) is 9.19. The van der Waals surface area contributed by atoms with Crippen LogP contribution in [0.3, 0.4) is 0 Å². The molecule has 5 rings (SSSR count). The maximum atomic E-state index is 5.04. The molecule has 4 aromatic rings. The van der Waals surface area contributed by atoms with Gasteiger partial charge in [-0.2, -0.15) is 0 Å². The van der Waals surface area contributed by atoms with Crippen molar-refractivity contribution in [2.75, 3.05) is 13.1 Å². The lowest BCUT2D eigenvalue weighted by atomic mass is 9.92. The normalized spacial score (nSPS) is 15.1. The third-order valence-electron chi connectivity index (χ3n) is 7.18. The lowest BCUT2D eigenvalue weighted by Gasteiger charge is -2.31. The van der Waals surface area contributed by atoms with Gasteiger partial charge in [-0.3, -0.25) is 9.88 Å². The van der Waals surface area contributed by atoms with E-state index in [9.17, 15) is 0 Å². The molecule has 1 aliphatic rings. The van der Waals surface area contributed by atoms with Gasteiger partial charge in [0.05, 0.1) is 17.6 Å². The number of aryl methyl sites for hydroxylation is 3. The standard InChI is InChI=1S/C30H34N4/c1-22(2)25-13-15-28-29(20-25)33(3)30(32-28)21-34-18-16-24(17-19-34)27-11-7-10-26(31-27)14-12-23-8-5-4-6-9-23/h4-11,13,15,20,24H,1,12,14,16-19,21H2,2-3H3. The van der Waals surface area contributed by atoms with Gasteiger partial charge in [0.1, 0.15) is 5.82 Å². The Labute approximate surface area is 203 Å². The Morgan fingerprint density at radius 3 is 2.50 bits per heavy atom. The van der Waals surface area contributed by atoms with Gasteiger partial charge >= 0.3 is 0 Å². The van der Waals surface area contributed by atoms with Gasteiger partial charge in [-0.15, -0.1) is 0 Å². The maximum Gasteiger partial charge on any atom is 0.123 e. The fourth-order valence-electron chi connectivity index (χ4n) is 5.02. The number of fused-ring (bicyclic) bond motifs is 1. The molecule has 1 fully saturated rings. The van der Waals surface area contributed by atoms with Crippen molar-refractivity contribution in [3.63, 3.8) is 0 Å². The Morgan fingerprint density at radius 1 is 0.941 bits per heavy atom. The SMILES string of the molecule is C=C(C)c1ccc2nc(CN3CCC(c4cccc(CCc5ccccc5)n4)CC3)n(C)c2c1. The minimum atomic E-state index is 0.548. The summed E-state index contributed by atoms with van der Waals surface area (Å²) in [5.41, 5.74) is 8.36. The van der Waals surface area contributed by atoms with Crippen molar-refractivity contribution in [1.29, 1.82) is 0 Å². The van der Waals surface area contributed by atoms with Gasteiger partial charge in [-0.05, 0) is 81.1 Å². The van der Waals surface area contributed by atoms with E-state index in [1.807, 2.05) is 0 Å². The predicted octanol–water partition coefficient (Wildman–Crippen LogP) is 6.17. The van der Waals surface area contributed by atoms with E-state index in [-0.39, 0.29) is 0 Å². The van der Waals surface area contributed by atoms with Crippen molar-refractivity contribution in [3.8, 4) is 0 Å². The number of rotatable bonds is 7. The lowest BCUT2D eigenvalue weighted by molar-refractivity contribution is 0.197. The molecule has 1 saturated heterocycles. The fraction of sp³-hybridized carbons (Fsp3) is 0.333. The summed E-state index contributed by atoms with van der Waals surface area (Å²) >= 11 is 0. The van der Waals surface area contributed by atoms with Gasteiger partial charge < -0.3 is 4.57 Å². The van der Waals surface area contributed by atoms with Crippen LogP contribution >= 0.6 is 0 Å². The third kappa shape index (κ3) is 4.97. The number of benzene rings is 2. The first-order chi connectivity index (χ1) is 16.6. The van der Waals surface area contributed by atoms with E-state index in [0.29, 0.717) is 5.92 Å². The van der Waals surface area contributed by atoms with Gasteiger partial charge in [-0.25, -0.2) is 4.98 Å². The highest BCUT2D eigenvalue weighted by atomic mass is 15.2. The van der Waals surface area contributed by atoms with Gasteiger partial charge in [-0.1, -0.05) is 54.6 Å². The second-order valence-corrected chi connectivity index (χ2v) is 9.66. The highest BCUT2D eigenvalue weighted by molar-refractivity contribution is 5.80. The Hall–Kier alpha value is -3.24. The number of allylic oxidation sites excluding steroid dienone is 1. The lowest BCUT2D eigenvalue weighted by Crippen LogP contribution is -2.33. The number of imidazole rings is 1. The third-order valence-corrected chi connectivity index (χ3v) is 7.18. The van der Waals surface area contributed by atoms with Gasteiger partial charge in [0.2, 0.25) is 0 Å². The highest BCUT2D eigenvalue weighted by Gasteiger charge is 2.23. The minimum absolute atomic E-state index is 0.548. The predicted molar refractivity (Wildman–Crippen MR) is 141 cm³/mol. The van der Waals surface area contributed by atoms with Crippen LogP contribution in [0.15, 0.2) is 73.3 Å². The second kappa shape index (κ2) is 9.94. The number of likely N-dealkylation sites (tertiary alicyclic amines) is 1. The summed E-state index contributed by atoms with van der Waals surface area (Å²) in [6.07, 6.45) is 4.34. The summed E-state index contributed by atoms with van der Waals surface area (Å²) in [5.74, 6) is 1.68. The monoisotopic (exact) mass is 450 g/mol. The Morgan fingerprint density at radius 2 is 1.74 bits per heavy atom. The number of hydrogen-bond acceptors (Lipinski definition) is 3. The molecule has 34 heavy (non-hydrogen) atoms. The van der Waals surface area contributed by atoms with Crippen LogP contribution in [0.4, 0.5) is 0 Å². The van der Waals surface area contributed by atoms with Crippen LogP contribution < -0.4 is 0 Å². The van der Waals surface area contributed by atoms with E-state index in [2.05, 4.69) is 96.7 Å². The van der Waals surface area contributed by atoms with Crippen LogP contribution in [0.2, 0.25) is 0 Å². The number of aromatic nitrogens is 3. The molecule has 2 aromatic carbocycles. The smallest absolute Gasteiger partial charge is 0.123 e. The van der Waals surface area contributed by atoms with Gasteiger partial charge in [0.25, 0.3) is 0 Å². The zero-order valence-electron chi connectivity index (χ0n) is 20.4. The van der Waals surface area contributed by atoms with E-state index in [4.69, 9.17) is 9.97 Å². The molecule has 0 atom stereocenters. The summed E-state index contributed by atoms with van der Waals surface area (Å²) < 4.78 is 2.24. The van der Waals surface area contributed by atoms with Crippen molar-refractivity contribution in [2.45, 2.75) is 45.1 Å². The van der Waals surface area contributed by atoms with Crippen molar-refractivity contribution in [1.82, 2.24) is 19.4 Å². The molecular weight excluding hydrogens is 416 g/mol. The summed E-state index contributed by atoms with van der Waals surface area (Å²) in [7, 11) is 2.13. The van der Waals surface area contributed by atoms with E-state index < -0.39 is 0 Å². The molecule has 0 amide bonds. The molecule has 0 bridgehead atoms. The van der Waals surface area contributed by atoms with Crippen LogP contribution in [0, 0.1) is 0 Å². The molecule has 0 aliphatic carbocycles. The molecule has 0 unspecified atom stereocenters. The molecule has 174 valence electrons. The van der Waals surface area contributed by atoms with Crippen LogP contribution in [0.1, 0.15) is 54.0 Å². The number of piperidine rings is 1. The largest absolute Gasteiger partial charge is 0.330 e. The van der Waals surface area contributed by atoms with E-state index >= 15 is 0 Å². The van der Waals surface area contributed by atoms with Crippen molar-refractivity contribution in [2.24, 2.45) is 7.05 Å². The highest BCUT2D eigenvalue weighted by Crippen LogP contribution is 2.28. The van der Waals surface area contributed by atoms with E-state index in [0.717, 1.165) is 62.2 Å².